The van der Waals surface area contributed by atoms with E-state index in [0.717, 1.165) is 21.2 Å². The molecule has 3 aromatic rings. The van der Waals surface area contributed by atoms with Crippen LogP contribution in [0.25, 0.3) is 10.1 Å². The van der Waals surface area contributed by atoms with Crippen LogP contribution in [0.2, 0.25) is 0 Å². The molecule has 0 fully saturated rings. The van der Waals surface area contributed by atoms with Gasteiger partial charge in [0.05, 0.1) is 10.9 Å². The maximum absolute atomic E-state index is 13.4. The van der Waals surface area contributed by atoms with Gasteiger partial charge in [0.25, 0.3) is 5.91 Å². The molecule has 3 nitrogen and oxygen atoms in total. The van der Waals surface area contributed by atoms with E-state index in [1.807, 2.05) is 19.9 Å². The van der Waals surface area contributed by atoms with E-state index >= 15 is 0 Å². The minimum Gasteiger partial charge on any atom is -0.508 e. The van der Waals surface area contributed by atoms with Crippen molar-refractivity contribution in [2.45, 2.75) is 19.9 Å². The fourth-order valence-corrected chi connectivity index (χ4v) is 3.64. The molecule has 23 heavy (non-hydrogen) atoms. The van der Waals surface area contributed by atoms with Crippen LogP contribution >= 0.6 is 11.3 Å². The zero-order valence-corrected chi connectivity index (χ0v) is 13.6. The molecule has 0 aliphatic carbocycles. The Morgan fingerprint density at radius 2 is 2.04 bits per heavy atom. The van der Waals surface area contributed by atoms with Gasteiger partial charge in [-0.15, -0.1) is 11.3 Å². The van der Waals surface area contributed by atoms with Gasteiger partial charge in [0.15, 0.2) is 0 Å². The zero-order chi connectivity index (χ0) is 16.6. The van der Waals surface area contributed by atoms with Crippen molar-refractivity contribution in [1.29, 1.82) is 0 Å². The molecule has 5 heteroatoms. The van der Waals surface area contributed by atoms with Crippen LogP contribution in [-0.4, -0.2) is 11.0 Å². The third kappa shape index (κ3) is 3.05. The monoisotopic (exact) mass is 329 g/mol. The number of benzene rings is 2. The van der Waals surface area contributed by atoms with E-state index in [1.165, 1.54) is 23.5 Å². The van der Waals surface area contributed by atoms with Crippen molar-refractivity contribution in [3.8, 4) is 5.75 Å². The van der Waals surface area contributed by atoms with Crippen molar-refractivity contribution in [3.05, 3.63) is 64.3 Å². The second kappa shape index (κ2) is 6.01. The Balaban J connectivity index is 1.87. The highest BCUT2D eigenvalue weighted by atomic mass is 32.1. The number of fused-ring (bicyclic) bond motifs is 1. The van der Waals surface area contributed by atoms with Crippen LogP contribution in [0.5, 0.6) is 5.75 Å². The molecule has 2 N–H and O–H groups in total. The fraction of sp³-hybridized carbons (Fsp3) is 0.167. The standard InChI is InChI=1S/C18H16FNO2S/c1-10-15-9-13(19)6-7-16(15)23-17(10)18(22)20-11(2)12-4-3-5-14(21)8-12/h3-9,11,21H,1-2H3,(H,20,22). The van der Waals surface area contributed by atoms with Gasteiger partial charge in [-0.25, -0.2) is 4.39 Å². The molecule has 0 aliphatic heterocycles. The Morgan fingerprint density at radius 1 is 1.26 bits per heavy atom. The normalized spacial score (nSPS) is 12.3. The van der Waals surface area contributed by atoms with Crippen LogP contribution < -0.4 is 5.32 Å². The molecule has 2 aromatic carbocycles. The number of phenolic OH excluding ortho intramolecular Hbond substituents is 1. The van der Waals surface area contributed by atoms with Gasteiger partial charge in [-0.2, -0.15) is 0 Å². The van der Waals surface area contributed by atoms with Crippen molar-refractivity contribution in [2.24, 2.45) is 0 Å². The topological polar surface area (TPSA) is 49.3 Å². The summed E-state index contributed by atoms with van der Waals surface area (Å²) in [5.41, 5.74) is 1.60. The summed E-state index contributed by atoms with van der Waals surface area (Å²) in [6.45, 7) is 3.68. The molecule has 118 valence electrons. The molecule has 0 spiro atoms. The van der Waals surface area contributed by atoms with Crippen LogP contribution in [0.3, 0.4) is 0 Å². The van der Waals surface area contributed by atoms with E-state index in [2.05, 4.69) is 5.32 Å². The number of aromatic hydroxyl groups is 1. The molecule has 0 saturated carbocycles. The lowest BCUT2D eigenvalue weighted by atomic mass is 10.1. The molecule has 0 radical (unpaired) electrons. The number of hydrogen-bond acceptors (Lipinski definition) is 3. The summed E-state index contributed by atoms with van der Waals surface area (Å²) in [6.07, 6.45) is 0. The van der Waals surface area contributed by atoms with Gasteiger partial charge < -0.3 is 10.4 Å². The summed E-state index contributed by atoms with van der Waals surface area (Å²) >= 11 is 1.35. The van der Waals surface area contributed by atoms with Gasteiger partial charge in [-0.1, -0.05) is 12.1 Å². The van der Waals surface area contributed by atoms with Gasteiger partial charge in [-0.3, -0.25) is 4.79 Å². The first-order valence-electron chi connectivity index (χ1n) is 7.24. The number of carbonyl (C=O) groups excluding carboxylic acids is 1. The predicted octanol–water partition coefficient (Wildman–Crippen LogP) is 4.55. The largest absolute Gasteiger partial charge is 0.508 e. The van der Waals surface area contributed by atoms with Crippen LogP contribution in [-0.2, 0) is 0 Å². The Bertz CT molecular complexity index is 888. The van der Waals surface area contributed by atoms with Crippen LogP contribution in [0.4, 0.5) is 4.39 Å². The van der Waals surface area contributed by atoms with Crippen molar-refractivity contribution < 1.29 is 14.3 Å². The van der Waals surface area contributed by atoms with Gasteiger partial charge in [0, 0.05) is 4.70 Å². The summed E-state index contributed by atoms with van der Waals surface area (Å²) in [4.78, 5) is 13.1. The molecule has 1 atom stereocenters. The number of phenols is 1. The van der Waals surface area contributed by atoms with Crippen LogP contribution in [0.15, 0.2) is 42.5 Å². The zero-order valence-electron chi connectivity index (χ0n) is 12.8. The second-order valence-electron chi connectivity index (χ2n) is 5.49. The van der Waals surface area contributed by atoms with Crippen molar-refractivity contribution >= 4 is 27.3 Å². The van der Waals surface area contributed by atoms with Gasteiger partial charge in [0.1, 0.15) is 11.6 Å². The summed E-state index contributed by atoms with van der Waals surface area (Å²) in [5, 5.41) is 13.2. The number of amides is 1. The quantitative estimate of drug-likeness (QED) is 0.741. The Morgan fingerprint density at radius 3 is 2.78 bits per heavy atom. The third-order valence-corrected chi connectivity index (χ3v) is 5.09. The van der Waals surface area contributed by atoms with Gasteiger partial charge in [0.2, 0.25) is 0 Å². The first-order chi connectivity index (χ1) is 11.0. The highest BCUT2D eigenvalue weighted by Gasteiger charge is 2.18. The number of halogens is 1. The lowest BCUT2D eigenvalue weighted by molar-refractivity contribution is 0.0943. The highest BCUT2D eigenvalue weighted by molar-refractivity contribution is 7.21. The van der Waals surface area contributed by atoms with Gasteiger partial charge >= 0.3 is 0 Å². The average molecular weight is 329 g/mol. The Hall–Kier alpha value is -2.40. The van der Waals surface area contributed by atoms with E-state index in [1.54, 1.807) is 24.3 Å². The van der Waals surface area contributed by atoms with Crippen molar-refractivity contribution in [1.82, 2.24) is 5.32 Å². The molecule has 1 heterocycles. The molecule has 1 unspecified atom stereocenters. The summed E-state index contributed by atoms with van der Waals surface area (Å²) < 4.78 is 14.3. The number of rotatable bonds is 3. The number of hydrogen-bond donors (Lipinski definition) is 2. The number of carbonyl (C=O) groups is 1. The smallest absolute Gasteiger partial charge is 0.262 e. The number of nitrogens with one attached hydrogen (secondary N) is 1. The van der Waals surface area contributed by atoms with Crippen LogP contribution in [0, 0.1) is 12.7 Å². The van der Waals surface area contributed by atoms with E-state index in [0.29, 0.717) is 4.88 Å². The maximum Gasteiger partial charge on any atom is 0.262 e. The third-order valence-electron chi connectivity index (χ3n) is 3.82. The highest BCUT2D eigenvalue weighted by Crippen LogP contribution is 2.31. The molecule has 3 rings (SSSR count). The Kier molecular flexibility index (Phi) is 4.05. The Labute approximate surface area is 137 Å². The van der Waals surface area contributed by atoms with Gasteiger partial charge in [-0.05, 0) is 60.7 Å². The van der Waals surface area contributed by atoms with E-state index in [9.17, 15) is 14.3 Å². The SMILES string of the molecule is Cc1c(C(=O)NC(C)c2cccc(O)c2)sc2ccc(F)cc12. The average Bonchev–Trinajstić information content (AvgIpc) is 2.84. The molecule has 0 bridgehead atoms. The maximum atomic E-state index is 13.4. The first-order valence-corrected chi connectivity index (χ1v) is 8.06. The molecule has 0 saturated heterocycles. The number of aryl methyl sites for hydroxylation is 1. The lowest BCUT2D eigenvalue weighted by Gasteiger charge is -2.14. The fourth-order valence-electron chi connectivity index (χ4n) is 2.55. The molecular formula is C18H16FNO2S. The summed E-state index contributed by atoms with van der Waals surface area (Å²) in [5.74, 6) is -0.337. The molecular weight excluding hydrogens is 313 g/mol. The van der Waals surface area contributed by atoms with Crippen molar-refractivity contribution in [2.75, 3.05) is 0 Å². The van der Waals surface area contributed by atoms with E-state index in [-0.39, 0.29) is 23.5 Å². The lowest BCUT2D eigenvalue weighted by Crippen LogP contribution is -2.26. The molecule has 1 amide bonds. The first kappa shape index (κ1) is 15.5. The molecule has 1 aromatic heterocycles. The van der Waals surface area contributed by atoms with E-state index < -0.39 is 0 Å². The summed E-state index contributed by atoms with van der Waals surface area (Å²) in [7, 11) is 0. The predicted molar refractivity (Wildman–Crippen MR) is 90.5 cm³/mol. The van der Waals surface area contributed by atoms with Crippen LogP contribution in [0.1, 0.15) is 33.8 Å². The second-order valence-corrected chi connectivity index (χ2v) is 6.54. The number of thiophene rings is 1. The summed E-state index contributed by atoms with van der Waals surface area (Å²) in [6, 6.07) is 11.1. The van der Waals surface area contributed by atoms with E-state index in [4.69, 9.17) is 0 Å². The molecule has 0 aliphatic rings. The minimum atomic E-state index is -0.307. The van der Waals surface area contributed by atoms with Crippen molar-refractivity contribution in [3.63, 3.8) is 0 Å². The minimum absolute atomic E-state index is 0.164.